The fourth-order valence-corrected chi connectivity index (χ4v) is 7.06. The van der Waals surface area contributed by atoms with E-state index in [9.17, 15) is 31.2 Å². The molecule has 4 aliphatic rings. The highest BCUT2D eigenvalue weighted by atomic mass is 32.2. The number of nitrogens with one attached hydrogen (secondary N) is 2. The normalized spacial score (nSPS) is 23.7. The largest absolute Gasteiger partial charge is 0.573 e. The van der Waals surface area contributed by atoms with E-state index in [1.165, 1.54) is 12.1 Å². The zero-order chi connectivity index (χ0) is 25.1. The van der Waals surface area contributed by atoms with Gasteiger partial charge in [0.1, 0.15) is 5.75 Å². The van der Waals surface area contributed by atoms with Crippen LogP contribution in [0.1, 0.15) is 38.5 Å². The second-order valence-electron chi connectivity index (χ2n) is 10.2. The zero-order valence-corrected chi connectivity index (χ0v) is 19.8. The molecule has 1 aromatic rings. The standard InChI is InChI=1S/C22H27F3N4O5S/c23-22(24,25)34-16-2-1-3-17(10-16)35(32,33)27-15-4-7-20(8-5-15)11-28(12-20)19(31)29-13-21(14-29)9-6-18(30)26-21/h1-3,10,15,27H,4-9,11-14H2,(H,26,30). The van der Waals surface area contributed by atoms with Gasteiger partial charge in [-0.15, -0.1) is 13.2 Å². The van der Waals surface area contributed by atoms with Gasteiger partial charge in [-0.1, -0.05) is 6.07 Å². The monoisotopic (exact) mass is 516 g/mol. The lowest BCUT2D eigenvalue weighted by molar-refractivity contribution is -0.274. The molecule has 3 aliphatic heterocycles. The molecular formula is C22H27F3N4O5S. The highest BCUT2D eigenvalue weighted by Gasteiger charge is 2.53. The maximum Gasteiger partial charge on any atom is 0.573 e. The molecule has 3 heterocycles. The van der Waals surface area contributed by atoms with Crippen molar-refractivity contribution in [3.63, 3.8) is 0 Å². The van der Waals surface area contributed by atoms with Gasteiger partial charge >= 0.3 is 12.4 Å². The number of rotatable bonds is 4. The topological polar surface area (TPSA) is 108 Å². The first-order valence-corrected chi connectivity index (χ1v) is 13.1. The van der Waals surface area contributed by atoms with Gasteiger partial charge in [0, 0.05) is 50.1 Å². The molecular weight excluding hydrogens is 489 g/mol. The van der Waals surface area contributed by atoms with Gasteiger partial charge in [0.05, 0.1) is 10.4 Å². The van der Waals surface area contributed by atoms with Crippen molar-refractivity contribution in [3.05, 3.63) is 24.3 Å². The third-order valence-corrected chi connectivity index (χ3v) is 9.05. The van der Waals surface area contributed by atoms with E-state index in [1.807, 2.05) is 0 Å². The predicted octanol–water partition coefficient (Wildman–Crippen LogP) is 2.19. The molecule has 192 valence electrons. The molecule has 3 saturated heterocycles. The molecule has 2 spiro atoms. The summed E-state index contributed by atoms with van der Waals surface area (Å²) in [6.45, 7) is 2.33. The van der Waals surface area contributed by atoms with E-state index in [1.54, 1.807) is 9.80 Å². The van der Waals surface area contributed by atoms with E-state index in [0.29, 0.717) is 45.4 Å². The lowest BCUT2D eigenvalue weighted by atomic mass is 9.67. The van der Waals surface area contributed by atoms with Crippen LogP contribution in [0.3, 0.4) is 0 Å². The molecule has 0 bridgehead atoms. The Kier molecular flexibility index (Phi) is 5.70. The van der Waals surface area contributed by atoms with Crippen molar-refractivity contribution in [2.45, 2.75) is 61.4 Å². The van der Waals surface area contributed by atoms with Crippen molar-refractivity contribution in [2.75, 3.05) is 26.2 Å². The Labute approximate surface area is 201 Å². The predicted molar refractivity (Wildman–Crippen MR) is 117 cm³/mol. The van der Waals surface area contributed by atoms with Crippen LogP contribution < -0.4 is 14.8 Å². The van der Waals surface area contributed by atoms with Crippen LogP contribution >= 0.6 is 0 Å². The van der Waals surface area contributed by atoms with Gasteiger partial charge in [-0.2, -0.15) is 0 Å². The van der Waals surface area contributed by atoms with E-state index in [4.69, 9.17) is 0 Å². The molecule has 1 saturated carbocycles. The van der Waals surface area contributed by atoms with Crippen molar-refractivity contribution in [3.8, 4) is 5.75 Å². The van der Waals surface area contributed by atoms with Crippen LogP contribution in [-0.4, -0.2) is 74.3 Å². The van der Waals surface area contributed by atoms with Crippen LogP contribution in [-0.2, 0) is 14.8 Å². The fraction of sp³-hybridized carbons (Fsp3) is 0.636. The molecule has 13 heteroatoms. The van der Waals surface area contributed by atoms with Gasteiger partial charge in [0.2, 0.25) is 15.9 Å². The average Bonchev–Trinajstić information content (AvgIpc) is 3.12. The Balaban J connectivity index is 1.10. The van der Waals surface area contributed by atoms with Crippen LogP contribution in [0.5, 0.6) is 5.75 Å². The molecule has 0 aromatic heterocycles. The molecule has 9 nitrogen and oxygen atoms in total. The van der Waals surface area contributed by atoms with Crippen LogP contribution in [0.25, 0.3) is 0 Å². The summed E-state index contributed by atoms with van der Waals surface area (Å²) in [6.07, 6.45) is -0.974. The molecule has 35 heavy (non-hydrogen) atoms. The quantitative estimate of drug-likeness (QED) is 0.638. The minimum absolute atomic E-state index is 0.0221. The summed E-state index contributed by atoms with van der Waals surface area (Å²) in [6, 6.07) is 3.97. The number of hydrogen-bond acceptors (Lipinski definition) is 5. The lowest BCUT2D eigenvalue weighted by Crippen LogP contribution is -2.72. The molecule has 0 radical (unpaired) electrons. The Morgan fingerprint density at radius 1 is 1.09 bits per heavy atom. The number of likely N-dealkylation sites (tertiary alicyclic amines) is 2. The van der Waals surface area contributed by atoms with Gasteiger partial charge in [-0.3, -0.25) is 4.79 Å². The highest BCUT2D eigenvalue weighted by molar-refractivity contribution is 7.89. The minimum Gasteiger partial charge on any atom is -0.406 e. The summed E-state index contributed by atoms with van der Waals surface area (Å²) < 4.78 is 69.2. The van der Waals surface area contributed by atoms with Gasteiger partial charge in [-0.25, -0.2) is 17.9 Å². The number of halogens is 3. The van der Waals surface area contributed by atoms with Crippen LogP contribution in [0, 0.1) is 5.41 Å². The van der Waals surface area contributed by atoms with E-state index >= 15 is 0 Å². The zero-order valence-electron chi connectivity index (χ0n) is 18.9. The summed E-state index contributed by atoms with van der Waals surface area (Å²) in [5, 5.41) is 2.97. The number of amides is 3. The Bertz CT molecular complexity index is 1120. The van der Waals surface area contributed by atoms with Crippen molar-refractivity contribution in [1.82, 2.24) is 19.8 Å². The molecule has 1 aromatic carbocycles. The van der Waals surface area contributed by atoms with Crippen molar-refractivity contribution in [2.24, 2.45) is 5.41 Å². The summed E-state index contributed by atoms with van der Waals surface area (Å²) >= 11 is 0. The van der Waals surface area contributed by atoms with Gasteiger partial charge in [0.15, 0.2) is 0 Å². The second-order valence-corrected chi connectivity index (χ2v) is 12.0. The number of nitrogens with zero attached hydrogens (tertiary/aromatic N) is 2. The van der Waals surface area contributed by atoms with Crippen LogP contribution in [0.15, 0.2) is 29.2 Å². The number of carbonyl (C=O) groups is 2. The van der Waals surface area contributed by atoms with Crippen LogP contribution in [0.4, 0.5) is 18.0 Å². The van der Waals surface area contributed by atoms with Crippen LogP contribution in [0.2, 0.25) is 0 Å². The Hall–Kier alpha value is -2.54. The minimum atomic E-state index is -4.91. The number of carbonyl (C=O) groups excluding carboxylic acids is 2. The first-order valence-electron chi connectivity index (χ1n) is 11.6. The molecule has 3 amide bonds. The molecule has 4 fully saturated rings. The van der Waals surface area contributed by atoms with E-state index in [2.05, 4.69) is 14.8 Å². The number of benzene rings is 1. The van der Waals surface area contributed by atoms with Gasteiger partial charge in [-0.05, 0) is 44.2 Å². The number of urea groups is 1. The molecule has 1 aliphatic carbocycles. The van der Waals surface area contributed by atoms with E-state index in [0.717, 1.165) is 31.4 Å². The SMILES string of the molecule is O=C1CCC2(CN(C(=O)N3CC4(CCC(NS(=O)(=O)c5cccc(OC(F)(F)F)c5)CC4)C3)C2)N1. The maximum absolute atomic E-state index is 12.7. The average molecular weight is 517 g/mol. The van der Waals surface area contributed by atoms with Gasteiger partial charge in [0.25, 0.3) is 0 Å². The van der Waals surface area contributed by atoms with Gasteiger partial charge < -0.3 is 19.9 Å². The maximum atomic E-state index is 12.7. The first kappa shape index (κ1) is 24.2. The van der Waals surface area contributed by atoms with E-state index < -0.39 is 22.1 Å². The third-order valence-electron chi connectivity index (χ3n) is 7.53. The number of sulfonamides is 1. The first-order chi connectivity index (χ1) is 16.4. The summed E-state index contributed by atoms with van der Waals surface area (Å²) in [7, 11) is -4.01. The number of hydrogen-bond donors (Lipinski definition) is 2. The van der Waals surface area contributed by atoms with E-state index in [-0.39, 0.29) is 33.8 Å². The smallest absolute Gasteiger partial charge is 0.406 e. The lowest BCUT2D eigenvalue weighted by Gasteiger charge is -2.57. The number of ether oxygens (including phenoxy) is 1. The Morgan fingerprint density at radius 3 is 2.34 bits per heavy atom. The van der Waals surface area contributed by atoms with Crippen molar-refractivity contribution in [1.29, 1.82) is 0 Å². The molecule has 5 rings (SSSR count). The van der Waals surface area contributed by atoms with Crippen molar-refractivity contribution < 1.29 is 35.9 Å². The highest BCUT2D eigenvalue weighted by Crippen LogP contribution is 2.45. The van der Waals surface area contributed by atoms with Crippen molar-refractivity contribution >= 4 is 22.0 Å². The summed E-state index contributed by atoms with van der Waals surface area (Å²) in [5.74, 6) is -0.555. The molecule has 0 unspecified atom stereocenters. The summed E-state index contributed by atoms with van der Waals surface area (Å²) in [5.41, 5.74) is -0.273. The Morgan fingerprint density at radius 2 is 1.74 bits per heavy atom. The summed E-state index contributed by atoms with van der Waals surface area (Å²) in [4.78, 5) is 27.5. The molecule has 0 atom stereocenters. The third kappa shape index (κ3) is 4.92. The molecule has 2 N–H and O–H groups in total. The number of alkyl halides is 3. The second kappa shape index (κ2) is 8.26. The fourth-order valence-electron chi connectivity index (χ4n) is 5.72.